The van der Waals surface area contributed by atoms with Crippen molar-refractivity contribution in [3.63, 3.8) is 0 Å². The van der Waals surface area contributed by atoms with Crippen molar-refractivity contribution in [3.05, 3.63) is 47.0 Å². The van der Waals surface area contributed by atoms with Crippen LogP contribution in [0.1, 0.15) is 22.0 Å². The summed E-state index contributed by atoms with van der Waals surface area (Å²) in [5.41, 5.74) is 0.476. The number of halogens is 2. The fraction of sp³-hybridized carbons (Fsp3) is 0.250. The number of nitrogens with zero attached hydrogens (tertiary/aromatic N) is 2. The number of hydrogen-bond donors (Lipinski definition) is 2. The standard InChI is InChI=1S/C12H12F2N4O/c1-7-16-11(18-17-7)12(19)15-3-2-8-4-9(13)6-10(14)5-8/h4-6H,2-3H2,1H3,(H,15,19)(H,16,17,18). The molecule has 0 aliphatic carbocycles. The number of aromatic amines is 1. The molecule has 0 saturated carbocycles. The van der Waals surface area contributed by atoms with Crippen molar-refractivity contribution in [2.45, 2.75) is 13.3 Å². The van der Waals surface area contributed by atoms with E-state index in [0.717, 1.165) is 6.07 Å². The van der Waals surface area contributed by atoms with Gasteiger partial charge in [-0.3, -0.25) is 9.89 Å². The van der Waals surface area contributed by atoms with Crippen LogP contribution in [0, 0.1) is 18.6 Å². The van der Waals surface area contributed by atoms with E-state index in [2.05, 4.69) is 20.5 Å². The first-order valence-corrected chi connectivity index (χ1v) is 5.67. The summed E-state index contributed by atoms with van der Waals surface area (Å²) in [7, 11) is 0. The van der Waals surface area contributed by atoms with Gasteiger partial charge in [-0.1, -0.05) is 0 Å². The Bertz CT molecular complexity index is 577. The van der Waals surface area contributed by atoms with Crippen LogP contribution >= 0.6 is 0 Å². The molecule has 0 spiro atoms. The summed E-state index contributed by atoms with van der Waals surface area (Å²) in [5.74, 6) is -1.11. The van der Waals surface area contributed by atoms with Crippen LogP contribution in [0.3, 0.4) is 0 Å². The molecule has 0 unspecified atom stereocenters. The molecular formula is C12H12F2N4O. The zero-order chi connectivity index (χ0) is 13.8. The number of aromatic nitrogens is 3. The number of carbonyl (C=O) groups is 1. The molecule has 1 aromatic carbocycles. The van der Waals surface area contributed by atoms with Gasteiger partial charge in [-0.25, -0.2) is 13.8 Å². The summed E-state index contributed by atoms with van der Waals surface area (Å²) in [6, 6.07) is 3.26. The molecule has 2 aromatic rings. The average molecular weight is 266 g/mol. The second kappa shape index (κ2) is 5.55. The van der Waals surface area contributed by atoms with Crippen LogP contribution in [0.4, 0.5) is 8.78 Å². The van der Waals surface area contributed by atoms with Gasteiger partial charge in [0.25, 0.3) is 5.91 Å². The summed E-state index contributed by atoms with van der Waals surface area (Å²) in [4.78, 5) is 15.4. The minimum atomic E-state index is -0.633. The van der Waals surface area contributed by atoms with Crippen LogP contribution in [-0.2, 0) is 6.42 Å². The molecule has 19 heavy (non-hydrogen) atoms. The second-order valence-corrected chi connectivity index (χ2v) is 4.03. The van der Waals surface area contributed by atoms with Crippen LogP contribution in [-0.4, -0.2) is 27.6 Å². The van der Waals surface area contributed by atoms with Crippen molar-refractivity contribution in [2.75, 3.05) is 6.54 Å². The zero-order valence-corrected chi connectivity index (χ0v) is 10.2. The number of carbonyl (C=O) groups excluding carboxylic acids is 1. The van der Waals surface area contributed by atoms with Crippen molar-refractivity contribution in [1.29, 1.82) is 0 Å². The summed E-state index contributed by atoms with van der Waals surface area (Å²) in [5, 5.41) is 8.82. The molecular weight excluding hydrogens is 254 g/mol. The average Bonchev–Trinajstić information content (AvgIpc) is 2.74. The molecule has 0 fully saturated rings. The lowest BCUT2D eigenvalue weighted by atomic mass is 10.1. The summed E-state index contributed by atoms with van der Waals surface area (Å²) < 4.78 is 25.9. The third kappa shape index (κ3) is 3.57. The Hall–Kier alpha value is -2.31. The third-order valence-electron chi connectivity index (χ3n) is 2.42. The fourth-order valence-corrected chi connectivity index (χ4v) is 1.60. The number of rotatable bonds is 4. The molecule has 2 rings (SSSR count). The Kier molecular flexibility index (Phi) is 3.84. The molecule has 0 aliphatic heterocycles. The molecule has 0 bridgehead atoms. The van der Waals surface area contributed by atoms with E-state index in [1.807, 2.05) is 0 Å². The molecule has 1 heterocycles. The Balaban J connectivity index is 1.88. The Morgan fingerprint density at radius 2 is 2.00 bits per heavy atom. The quantitative estimate of drug-likeness (QED) is 0.877. The number of nitrogens with one attached hydrogen (secondary N) is 2. The first-order valence-electron chi connectivity index (χ1n) is 5.67. The van der Waals surface area contributed by atoms with Crippen LogP contribution in [0.15, 0.2) is 18.2 Å². The third-order valence-corrected chi connectivity index (χ3v) is 2.42. The van der Waals surface area contributed by atoms with Gasteiger partial charge in [0.05, 0.1) is 0 Å². The predicted molar refractivity (Wildman–Crippen MR) is 63.5 cm³/mol. The van der Waals surface area contributed by atoms with E-state index in [0.29, 0.717) is 17.8 Å². The van der Waals surface area contributed by atoms with Gasteiger partial charge in [0.2, 0.25) is 5.82 Å². The lowest BCUT2D eigenvalue weighted by molar-refractivity contribution is 0.0944. The van der Waals surface area contributed by atoms with Crippen molar-refractivity contribution in [3.8, 4) is 0 Å². The van der Waals surface area contributed by atoms with Gasteiger partial charge in [0.15, 0.2) is 0 Å². The lowest BCUT2D eigenvalue weighted by Gasteiger charge is -2.03. The molecule has 1 aromatic heterocycles. The summed E-state index contributed by atoms with van der Waals surface area (Å²) >= 11 is 0. The highest BCUT2D eigenvalue weighted by molar-refractivity contribution is 5.90. The van der Waals surface area contributed by atoms with Crippen molar-refractivity contribution in [1.82, 2.24) is 20.5 Å². The van der Waals surface area contributed by atoms with Crippen LogP contribution < -0.4 is 5.32 Å². The topological polar surface area (TPSA) is 70.7 Å². The van der Waals surface area contributed by atoms with E-state index in [1.54, 1.807) is 6.92 Å². The molecule has 0 saturated heterocycles. The van der Waals surface area contributed by atoms with Gasteiger partial charge in [0.1, 0.15) is 17.5 Å². The number of benzene rings is 1. The fourth-order valence-electron chi connectivity index (χ4n) is 1.60. The highest BCUT2D eigenvalue weighted by Gasteiger charge is 2.10. The molecule has 100 valence electrons. The summed E-state index contributed by atoms with van der Waals surface area (Å²) in [6.45, 7) is 1.93. The molecule has 0 aliphatic rings. The summed E-state index contributed by atoms with van der Waals surface area (Å²) in [6.07, 6.45) is 0.323. The number of amides is 1. The monoisotopic (exact) mass is 266 g/mol. The van der Waals surface area contributed by atoms with E-state index in [-0.39, 0.29) is 12.4 Å². The van der Waals surface area contributed by atoms with Crippen molar-refractivity contribution in [2.24, 2.45) is 0 Å². The number of hydrogen-bond acceptors (Lipinski definition) is 3. The number of H-pyrrole nitrogens is 1. The molecule has 5 nitrogen and oxygen atoms in total. The Morgan fingerprint density at radius 1 is 1.32 bits per heavy atom. The zero-order valence-electron chi connectivity index (χ0n) is 10.2. The molecule has 1 amide bonds. The van der Waals surface area contributed by atoms with E-state index >= 15 is 0 Å². The van der Waals surface area contributed by atoms with Crippen LogP contribution in [0.25, 0.3) is 0 Å². The molecule has 2 N–H and O–H groups in total. The smallest absolute Gasteiger partial charge is 0.290 e. The van der Waals surface area contributed by atoms with Gasteiger partial charge in [-0.15, -0.1) is 5.10 Å². The maximum absolute atomic E-state index is 12.9. The van der Waals surface area contributed by atoms with E-state index < -0.39 is 17.5 Å². The van der Waals surface area contributed by atoms with Crippen LogP contribution in [0.5, 0.6) is 0 Å². The Labute approximate surface area is 108 Å². The Morgan fingerprint density at radius 3 is 2.58 bits per heavy atom. The van der Waals surface area contributed by atoms with Gasteiger partial charge in [-0.2, -0.15) is 0 Å². The maximum Gasteiger partial charge on any atom is 0.290 e. The normalized spacial score (nSPS) is 10.5. The van der Waals surface area contributed by atoms with E-state index in [4.69, 9.17) is 0 Å². The van der Waals surface area contributed by atoms with Crippen molar-refractivity contribution >= 4 is 5.91 Å². The van der Waals surface area contributed by atoms with Crippen molar-refractivity contribution < 1.29 is 13.6 Å². The van der Waals surface area contributed by atoms with Gasteiger partial charge >= 0.3 is 0 Å². The maximum atomic E-state index is 12.9. The first kappa shape index (κ1) is 13.1. The highest BCUT2D eigenvalue weighted by Crippen LogP contribution is 2.08. The van der Waals surface area contributed by atoms with Gasteiger partial charge in [0, 0.05) is 12.6 Å². The van der Waals surface area contributed by atoms with Crippen LogP contribution in [0.2, 0.25) is 0 Å². The second-order valence-electron chi connectivity index (χ2n) is 4.03. The number of aryl methyl sites for hydroxylation is 1. The largest absolute Gasteiger partial charge is 0.349 e. The van der Waals surface area contributed by atoms with E-state index in [9.17, 15) is 13.6 Å². The SMILES string of the molecule is Cc1nc(C(=O)NCCc2cc(F)cc(F)c2)n[nH]1. The predicted octanol–water partition coefficient (Wildman–Crippen LogP) is 1.36. The highest BCUT2D eigenvalue weighted by atomic mass is 19.1. The van der Waals surface area contributed by atoms with E-state index in [1.165, 1.54) is 12.1 Å². The molecule has 0 atom stereocenters. The molecule has 7 heteroatoms. The first-order chi connectivity index (χ1) is 9.04. The minimum Gasteiger partial charge on any atom is -0.349 e. The van der Waals surface area contributed by atoms with Gasteiger partial charge < -0.3 is 5.32 Å². The molecule has 0 radical (unpaired) electrons. The minimum absolute atomic E-state index is 0.0444. The lowest BCUT2D eigenvalue weighted by Crippen LogP contribution is -2.26. The van der Waals surface area contributed by atoms with Gasteiger partial charge in [-0.05, 0) is 31.0 Å².